The number of fused-ring (bicyclic) bond motifs is 1. The second-order valence-corrected chi connectivity index (χ2v) is 4.42. The Morgan fingerprint density at radius 1 is 1.13 bits per heavy atom. The van der Waals surface area contributed by atoms with Crippen molar-refractivity contribution >= 4 is 0 Å². The van der Waals surface area contributed by atoms with Gasteiger partial charge in [-0.3, -0.25) is 0 Å². The maximum Gasteiger partial charge on any atom is 0.0475 e. The minimum atomic E-state index is 0.975. The zero-order valence-corrected chi connectivity index (χ0v) is 10.3. The van der Waals surface area contributed by atoms with E-state index in [2.05, 4.69) is 0 Å². The molecule has 0 aromatic heterocycles. The van der Waals surface area contributed by atoms with Crippen molar-refractivity contribution in [2.45, 2.75) is 46.0 Å². The lowest BCUT2D eigenvalue weighted by atomic mass is 10.0. The fraction of sp³-hybridized carbons (Fsp3) is 0.833. The van der Waals surface area contributed by atoms with Crippen LogP contribution in [0, 0.1) is 11.8 Å². The average molecular weight is 211 g/mol. The summed E-state index contributed by atoms with van der Waals surface area (Å²) in [5.41, 5.74) is 8.16. The summed E-state index contributed by atoms with van der Waals surface area (Å²) in [6.07, 6.45) is 6.09. The molecule has 2 aliphatic rings. The molecular weight excluding hydrogens is 186 g/mol. The molecule has 0 aliphatic heterocycles. The summed E-state index contributed by atoms with van der Waals surface area (Å²) in [7, 11) is 1.88. The molecule has 3 heteroatoms. The third-order valence-electron chi connectivity index (χ3n) is 3.40. The quantitative estimate of drug-likeness (QED) is 0.516. The summed E-state index contributed by atoms with van der Waals surface area (Å²) in [4.78, 5) is 0. The molecule has 1 saturated carbocycles. The topological polar surface area (TPSA) is 55.3 Å². The van der Waals surface area contributed by atoms with Crippen LogP contribution in [0.5, 0.6) is 0 Å². The van der Waals surface area contributed by atoms with E-state index >= 15 is 0 Å². The molecule has 2 aliphatic carbocycles. The molecule has 0 amide bonds. The van der Waals surface area contributed by atoms with Gasteiger partial charge in [0.1, 0.15) is 0 Å². The Morgan fingerprint density at radius 2 is 1.67 bits per heavy atom. The first kappa shape index (κ1) is 12.4. The summed E-state index contributed by atoms with van der Waals surface area (Å²) in [6.45, 7) is 4.00. The molecule has 0 aromatic rings. The Balaban J connectivity index is 0.000000531. The van der Waals surface area contributed by atoms with Gasteiger partial charge in [-0.25, -0.2) is 5.84 Å². The highest BCUT2D eigenvalue weighted by molar-refractivity contribution is 5.12. The number of hydrogen-bond acceptors (Lipinski definition) is 3. The molecule has 3 nitrogen and oxygen atoms in total. The summed E-state index contributed by atoms with van der Waals surface area (Å²) < 4.78 is 0. The van der Waals surface area contributed by atoms with Crippen LogP contribution in [0.1, 0.15) is 46.0 Å². The van der Waals surface area contributed by atoms with Gasteiger partial charge in [0.2, 0.25) is 0 Å². The molecule has 88 valence electrons. The Bertz CT molecular complexity index is 233. The highest BCUT2D eigenvalue weighted by atomic mass is 15.4. The first-order valence-corrected chi connectivity index (χ1v) is 6.14. The van der Waals surface area contributed by atoms with Crippen molar-refractivity contribution in [1.29, 1.82) is 0 Å². The highest BCUT2D eigenvalue weighted by Gasteiger charge is 2.37. The van der Waals surface area contributed by atoms with Gasteiger partial charge < -0.3 is 10.7 Å². The molecule has 2 rings (SSSR count). The van der Waals surface area contributed by atoms with Gasteiger partial charge in [0.05, 0.1) is 0 Å². The molecule has 1 unspecified atom stereocenters. The third kappa shape index (κ3) is 3.13. The van der Waals surface area contributed by atoms with E-state index in [9.17, 15) is 0 Å². The number of hydrazine groups is 1. The summed E-state index contributed by atoms with van der Waals surface area (Å²) in [5.74, 6) is 7.68. The lowest BCUT2D eigenvalue weighted by Crippen LogP contribution is -2.28. The zero-order valence-electron chi connectivity index (χ0n) is 10.3. The van der Waals surface area contributed by atoms with E-state index in [0.717, 1.165) is 36.1 Å². The van der Waals surface area contributed by atoms with Crippen LogP contribution in [-0.4, -0.2) is 12.1 Å². The largest absolute Gasteiger partial charge is 0.401 e. The maximum absolute atomic E-state index is 5.99. The van der Waals surface area contributed by atoms with Gasteiger partial charge in [-0.1, -0.05) is 13.8 Å². The molecule has 0 aromatic carbocycles. The molecule has 0 heterocycles. The van der Waals surface area contributed by atoms with E-state index in [4.69, 9.17) is 11.6 Å². The van der Waals surface area contributed by atoms with Crippen LogP contribution in [-0.2, 0) is 0 Å². The van der Waals surface area contributed by atoms with Crippen molar-refractivity contribution < 1.29 is 0 Å². The van der Waals surface area contributed by atoms with Crippen LogP contribution in [0.25, 0.3) is 0 Å². The Hall–Kier alpha value is -0.700. The second-order valence-electron chi connectivity index (χ2n) is 4.42. The molecule has 15 heavy (non-hydrogen) atoms. The minimum Gasteiger partial charge on any atom is -0.401 e. The highest BCUT2D eigenvalue weighted by Crippen LogP contribution is 2.47. The molecule has 0 saturated heterocycles. The molecule has 2 atom stereocenters. The molecule has 0 spiro atoms. The van der Waals surface area contributed by atoms with E-state index in [1.165, 1.54) is 19.3 Å². The fourth-order valence-corrected chi connectivity index (χ4v) is 2.39. The third-order valence-corrected chi connectivity index (χ3v) is 3.40. The van der Waals surface area contributed by atoms with Gasteiger partial charge in [-0.05, 0) is 43.9 Å². The predicted octanol–water partition coefficient (Wildman–Crippen LogP) is 2.20. The summed E-state index contributed by atoms with van der Waals surface area (Å²) >= 11 is 0. The predicted molar refractivity (Wildman–Crippen MR) is 64.6 cm³/mol. The van der Waals surface area contributed by atoms with E-state index in [-0.39, 0.29) is 0 Å². The first-order chi connectivity index (χ1) is 7.18. The van der Waals surface area contributed by atoms with Crippen LogP contribution in [0.2, 0.25) is 0 Å². The lowest BCUT2D eigenvalue weighted by Gasteiger charge is -2.21. The molecule has 0 radical (unpaired) electrons. The maximum atomic E-state index is 5.99. The van der Waals surface area contributed by atoms with Gasteiger partial charge in [-0.15, -0.1) is 0 Å². The summed E-state index contributed by atoms with van der Waals surface area (Å²) in [6, 6.07) is 0. The Morgan fingerprint density at radius 3 is 2.20 bits per heavy atom. The van der Waals surface area contributed by atoms with Crippen LogP contribution in [0.4, 0.5) is 0 Å². The second kappa shape index (κ2) is 5.40. The van der Waals surface area contributed by atoms with Crippen LogP contribution in [0.3, 0.4) is 0 Å². The van der Waals surface area contributed by atoms with Crippen LogP contribution < -0.4 is 11.6 Å². The normalized spacial score (nSPS) is 34.1. The van der Waals surface area contributed by atoms with Gasteiger partial charge in [0.25, 0.3) is 0 Å². The number of allylic oxidation sites excluding steroid dienone is 2. The molecular formula is C12H25N3. The average Bonchev–Trinajstić information content (AvgIpc) is 2.93. The fourth-order valence-electron chi connectivity index (χ4n) is 2.39. The van der Waals surface area contributed by atoms with Crippen LogP contribution >= 0.6 is 0 Å². The molecule has 4 N–H and O–H groups in total. The first-order valence-electron chi connectivity index (χ1n) is 6.14. The monoisotopic (exact) mass is 211 g/mol. The SMILES string of the molecule is CC.CN(N)/C1=C(\N)CCC2C[C@@H]2CC1. The van der Waals surface area contributed by atoms with Gasteiger partial charge in [0, 0.05) is 18.4 Å². The number of nitrogens with zero attached hydrogens (tertiary/aromatic N) is 1. The van der Waals surface area contributed by atoms with E-state index in [1.54, 1.807) is 5.01 Å². The van der Waals surface area contributed by atoms with E-state index < -0.39 is 0 Å². The number of rotatable bonds is 1. The van der Waals surface area contributed by atoms with Crippen LogP contribution in [0.15, 0.2) is 11.4 Å². The van der Waals surface area contributed by atoms with Gasteiger partial charge in [0.15, 0.2) is 0 Å². The lowest BCUT2D eigenvalue weighted by molar-refractivity contribution is 0.394. The van der Waals surface area contributed by atoms with Crippen molar-refractivity contribution in [3.8, 4) is 0 Å². The van der Waals surface area contributed by atoms with Crippen molar-refractivity contribution in [2.75, 3.05) is 7.05 Å². The Labute approximate surface area is 93.5 Å². The Kier molecular flexibility index (Phi) is 4.45. The summed E-state index contributed by atoms with van der Waals surface area (Å²) in [5, 5.41) is 1.69. The zero-order chi connectivity index (χ0) is 11.4. The van der Waals surface area contributed by atoms with E-state index in [1.807, 2.05) is 20.9 Å². The molecule has 1 fully saturated rings. The standard InChI is InChI=1S/C10H19N3.C2H6/c1-13(12)10-5-3-8-6-7(8)2-4-9(10)11;1-2/h7-8H,2-6,11-12H2,1H3;1-2H3/b10-9-;/t7?,8-;/m0./s1. The van der Waals surface area contributed by atoms with Crippen molar-refractivity contribution in [2.24, 2.45) is 23.4 Å². The van der Waals surface area contributed by atoms with Gasteiger partial charge in [-0.2, -0.15) is 0 Å². The number of hydrogen-bond donors (Lipinski definition) is 2. The van der Waals surface area contributed by atoms with E-state index in [0.29, 0.717) is 0 Å². The number of nitrogens with two attached hydrogens (primary N) is 2. The van der Waals surface area contributed by atoms with Crippen molar-refractivity contribution in [1.82, 2.24) is 5.01 Å². The van der Waals surface area contributed by atoms with Crippen molar-refractivity contribution in [3.63, 3.8) is 0 Å². The molecule has 0 bridgehead atoms. The minimum absolute atomic E-state index is 0.975. The van der Waals surface area contributed by atoms with Crippen molar-refractivity contribution in [3.05, 3.63) is 11.4 Å². The van der Waals surface area contributed by atoms with Gasteiger partial charge >= 0.3 is 0 Å². The smallest absolute Gasteiger partial charge is 0.0475 e.